The molecule has 0 radical (unpaired) electrons. The van der Waals surface area contributed by atoms with E-state index in [0.717, 1.165) is 11.0 Å². The average Bonchev–Trinajstić information content (AvgIpc) is 3.39. The van der Waals surface area contributed by atoms with Gasteiger partial charge < -0.3 is 14.6 Å². The summed E-state index contributed by atoms with van der Waals surface area (Å²) in [5, 5.41) is 13.3. The van der Waals surface area contributed by atoms with Crippen LogP contribution >= 0.6 is 0 Å². The molecule has 2 N–H and O–H groups in total. The van der Waals surface area contributed by atoms with E-state index in [2.05, 4.69) is 5.32 Å². The first-order valence-electron chi connectivity index (χ1n) is 11.3. The quantitative estimate of drug-likeness (QED) is 0.418. The number of phenols is 1. The number of fused-ring (bicyclic) bond motifs is 1. The molecule has 5 rings (SSSR count). The molecule has 8 nitrogen and oxygen atoms in total. The minimum atomic E-state index is -1.73. The van der Waals surface area contributed by atoms with Crippen LogP contribution in [0.2, 0.25) is 0 Å². The summed E-state index contributed by atoms with van der Waals surface area (Å²) < 4.78 is 25.2. The van der Waals surface area contributed by atoms with E-state index in [1.807, 2.05) is 0 Å². The van der Waals surface area contributed by atoms with Gasteiger partial charge in [-0.05, 0) is 35.4 Å². The molecule has 0 aliphatic carbocycles. The second-order valence-corrected chi connectivity index (χ2v) is 8.69. The number of carbonyl (C=O) groups is 3. The van der Waals surface area contributed by atoms with Gasteiger partial charge in [-0.2, -0.15) is 0 Å². The van der Waals surface area contributed by atoms with Crippen molar-refractivity contribution in [2.75, 3.05) is 19.1 Å². The number of methoxy groups -OCH3 is 2. The molecule has 0 bridgehead atoms. The van der Waals surface area contributed by atoms with Crippen LogP contribution in [-0.4, -0.2) is 37.1 Å². The van der Waals surface area contributed by atoms with E-state index in [4.69, 9.17) is 9.47 Å². The maximum atomic E-state index is 14.8. The SMILES string of the molecule is COC(=O)[C@]1(c2ccccc2)N[C@H](c2ccc(O)c(OC)c2)[C@@H]2C(=O)N(c3ccccc3F)C(=O)[C@@H]21. The van der Waals surface area contributed by atoms with E-state index in [-0.39, 0.29) is 17.2 Å². The number of carbonyl (C=O) groups excluding carboxylic acids is 3. The van der Waals surface area contributed by atoms with E-state index in [0.29, 0.717) is 11.1 Å². The molecule has 2 fully saturated rings. The zero-order valence-corrected chi connectivity index (χ0v) is 19.5. The van der Waals surface area contributed by atoms with Gasteiger partial charge in [-0.3, -0.25) is 14.9 Å². The van der Waals surface area contributed by atoms with Crippen molar-refractivity contribution < 1.29 is 33.4 Å². The van der Waals surface area contributed by atoms with Crippen molar-refractivity contribution in [2.45, 2.75) is 11.6 Å². The van der Waals surface area contributed by atoms with Crippen LogP contribution in [0.4, 0.5) is 10.1 Å². The third kappa shape index (κ3) is 3.27. The zero-order valence-electron chi connectivity index (χ0n) is 19.5. The van der Waals surface area contributed by atoms with Crippen molar-refractivity contribution in [1.29, 1.82) is 0 Å². The number of esters is 1. The van der Waals surface area contributed by atoms with Gasteiger partial charge in [0.05, 0.1) is 31.7 Å². The fraction of sp³-hybridized carbons (Fsp3) is 0.222. The Morgan fingerprint density at radius 2 is 1.69 bits per heavy atom. The first kappa shape index (κ1) is 23.5. The topological polar surface area (TPSA) is 105 Å². The molecule has 3 aromatic rings. The monoisotopic (exact) mass is 490 g/mol. The number of aromatic hydroxyl groups is 1. The smallest absolute Gasteiger partial charge is 0.331 e. The lowest BCUT2D eigenvalue weighted by Crippen LogP contribution is -2.53. The molecule has 0 saturated carbocycles. The lowest BCUT2D eigenvalue weighted by atomic mass is 9.75. The van der Waals surface area contributed by atoms with Gasteiger partial charge in [-0.1, -0.05) is 48.5 Å². The van der Waals surface area contributed by atoms with Crippen LogP contribution in [0.15, 0.2) is 72.8 Å². The number of benzene rings is 3. The molecule has 4 atom stereocenters. The molecule has 36 heavy (non-hydrogen) atoms. The van der Waals surface area contributed by atoms with Crippen molar-refractivity contribution >= 4 is 23.5 Å². The van der Waals surface area contributed by atoms with Crippen molar-refractivity contribution in [2.24, 2.45) is 11.8 Å². The van der Waals surface area contributed by atoms with Crippen LogP contribution in [0.1, 0.15) is 17.2 Å². The van der Waals surface area contributed by atoms with Crippen molar-refractivity contribution in [3.8, 4) is 11.5 Å². The van der Waals surface area contributed by atoms with Crippen molar-refractivity contribution in [1.82, 2.24) is 5.32 Å². The summed E-state index contributed by atoms with van der Waals surface area (Å²) in [6.07, 6.45) is 0. The molecular formula is C27H23FN2O6. The molecule has 0 spiro atoms. The van der Waals surface area contributed by atoms with E-state index in [1.165, 1.54) is 44.6 Å². The van der Waals surface area contributed by atoms with Crippen LogP contribution in [0, 0.1) is 17.7 Å². The largest absolute Gasteiger partial charge is 0.504 e. The summed E-state index contributed by atoms with van der Waals surface area (Å²) in [4.78, 5) is 42.1. The first-order valence-corrected chi connectivity index (χ1v) is 11.3. The molecule has 2 aliphatic rings. The highest BCUT2D eigenvalue weighted by Gasteiger charge is 2.70. The van der Waals surface area contributed by atoms with Gasteiger partial charge >= 0.3 is 5.97 Å². The number of hydrogen-bond donors (Lipinski definition) is 2. The number of imide groups is 1. The van der Waals surface area contributed by atoms with E-state index in [9.17, 15) is 23.9 Å². The molecule has 9 heteroatoms. The number of nitrogens with zero attached hydrogens (tertiary/aromatic N) is 1. The number of halogens is 1. The Bertz CT molecular complexity index is 1360. The van der Waals surface area contributed by atoms with Crippen LogP contribution in [0.5, 0.6) is 11.5 Å². The Morgan fingerprint density at radius 1 is 1.00 bits per heavy atom. The Morgan fingerprint density at radius 3 is 2.36 bits per heavy atom. The Labute approximate surface area is 206 Å². The Balaban J connectivity index is 1.75. The second kappa shape index (κ2) is 8.76. The summed E-state index contributed by atoms with van der Waals surface area (Å²) in [7, 11) is 2.59. The molecule has 2 aliphatic heterocycles. The number of para-hydroxylation sites is 1. The van der Waals surface area contributed by atoms with Gasteiger partial charge in [0.25, 0.3) is 0 Å². The number of hydrogen-bond acceptors (Lipinski definition) is 7. The molecular weight excluding hydrogens is 467 g/mol. The summed E-state index contributed by atoms with van der Waals surface area (Å²) in [5.74, 6) is -5.13. The molecule has 2 heterocycles. The molecule has 2 saturated heterocycles. The lowest BCUT2D eigenvalue weighted by molar-refractivity contribution is -0.152. The molecule has 184 valence electrons. The zero-order chi connectivity index (χ0) is 25.6. The van der Waals surface area contributed by atoms with Gasteiger partial charge in [0, 0.05) is 6.04 Å². The number of ether oxygens (including phenoxy) is 2. The number of nitrogens with one attached hydrogen (secondary N) is 1. The van der Waals surface area contributed by atoms with Gasteiger partial charge in [-0.15, -0.1) is 0 Å². The minimum Gasteiger partial charge on any atom is -0.504 e. The highest BCUT2D eigenvalue weighted by atomic mass is 19.1. The molecule has 0 aromatic heterocycles. The maximum absolute atomic E-state index is 14.8. The third-order valence-electron chi connectivity index (χ3n) is 6.95. The highest BCUT2D eigenvalue weighted by molar-refractivity contribution is 6.24. The number of rotatable bonds is 5. The highest BCUT2D eigenvalue weighted by Crippen LogP contribution is 2.54. The number of amides is 2. The van der Waals surface area contributed by atoms with Gasteiger partial charge in [-0.25, -0.2) is 14.1 Å². The Kier molecular flexibility index (Phi) is 5.72. The van der Waals surface area contributed by atoms with Gasteiger partial charge in [0.1, 0.15) is 5.82 Å². The maximum Gasteiger partial charge on any atom is 0.331 e. The molecule has 0 unspecified atom stereocenters. The summed E-state index contributed by atoms with van der Waals surface area (Å²) in [6.45, 7) is 0. The van der Waals surface area contributed by atoms with Crippen LogP contribution in [-0.2, 0) is 24.7 Å². The van der Waals surface area contributed by atoms with Gasteiger partial charge in [0.2, 0.25) is 11.8 Å². The average molecular weight is 490 g/mol. The third-order valence-corrected chi connectivity index (χ3v) is 6.95. The lowest BCUT2D eigenvalue weighted by Gasteiger charge is -2.33. The van der Waals surface area contributed by atoms with Crippen molar-refractivity contribution in [3.05, 3.63) is 89.7 Å². The number of phenolic OH excluding ortho intramolecular Hbond substituents is 1. The van der Waals surface area contributed by atoms with E-state index < -0.39 is 47.0 Å². The summed E-state index contributed by atoms with van der Waals surface area (Å²) in [5.41, 5.74) is -0.992. The molecule has 2 amide bonds. The molecule has 3 aromatic carbocycles. The Hall–Kier alpha value is -4.24. The van der Waals surface area contributed by atoms with Crippen molar-refractivity contribution in [3.63, 3.8) is 0 Å². The van der Waals surface area contributed by atoms with E-state index in [1.54, 1.807) is 36.4 Å². The second-order valence-electron chi connectivity index (χ2n) is 8.69. The normalized spacial score (nSPS) is 25.1. The standard InChI is InChI=1S/C27H23FN2O6/c1-35-20-14-15(12-13-19(20)31)23-21-22(25(33)30(24(21)32)18-11-7-6-10-17(18)28)27(29-23,26(34)36-2)16-8-4-3-5-9-16/h3-14,21-23,29,31H,1-2H3/t21-,22-,23-,27-/m1/s1. The predicted octanol–water partition coefficient (Wildman–Crippen LogP) is 3.06. The minimum absolute atomic E-state index is 0.111. The van der Waals surface area contributed by atoms with Crippen LogP contribution in [0.25, 0.3) is 0 Å². The summed E-state index contributed by atoms with van der Waals surface area (Å²) >= 11 is 0. The van der Waals surface area contributed by atoms with Crippen LogP contribution < -0.4 is 15.0 Å². The first-order chi connectivity index (χ1) is 17.3. The predicted molar refractivity (Wildman–Crippen MR) is 127 cm³/mol. The van der Waals surface area contributed by atoms with Gasteiger partial charge in [0.15, 0.2) is 17.0 Å². The fourth-order valence-electron chi connectivity index (χ4n) is 5.38. The van der Waals surface area contributed by atoms with Crippen LogP contribution in [0.3, 0.4) is 0 Å². The summed E-state index contributed by atoms with van der Waals surface area (Å²) in [6, 6.07) is 17.7. The number of anilines is 1. The van der Waals surface area contributed by atoms with E-state index >= 15 is 0 Å². The fourth-order valence-corrected chi connectivity index (χ4v) is 5.38.